The number of likely N-dealkylation sites (N-methyl/N-ethyl adjacent to an activating group) is 1. The number of hydrogen-bond acceptors (Lipinski definition) is 4. The summed E-state index contributed by atoms with van der Waals surface area (Å²) in [5.74, 6) is 0.137. The number of nitrogens with one attached hydrogen (secondary N) is 1. The number of carbonyl (C=O) groups is 2. The highest BCUT2D eigenvalue weighted by Crippen LogP contribution is 2.21. The van der Waals surface area contributed by atoms with Crippen LogP contribution in [-0.2, 0) is 11.3 Å². The molecule has 0 bridgehead atoms. The Kier molecular flexibility index (Phi) is 5.67. The molecule has 4 rings (SSSR count). The van der Waals surface area contributed by atoms with Crippen LogP contribution < -0.4 is 5.32 Å². The number of aromatic nitrogens is 2. The summed E-state index contributed by atoms with van der Waals surface area (Å²) in [6, 6.07) is 7.70. The van der Waals surface area contributed by atoms with Crippen LogP contribution in [0.5, 0.6) is 0 Å². The molecule has 1 N–H and O–H groups in total. The van der Waals surface area contributed by atoms with Crippen LogP contribution in [0, 0.1) is 6.92 Å². The van der Waals surface area contributed by atoms with Gasteiger partial charge in [0.1, 0.15) is 0 Å². The number of amides is 2. The van der Waals surface area contributed by atoms with Gasteiger partial charge in [0.15, 0.2) is 0 Å². The van der Waals surface area contributed by atoms with E-state index < -0.39 is 0 Å². The number of benzene rings is 1. The fourth-order valence-electron chi connectivity index (χ4n) is 4.16. The SMILES string of the molecule is CCN1CCC1C(=O)N1CCC(NC(=O)c2ccc(Cn3cc(C)cn3)cc2)C1. The summed E-state index contributed by atoms with van der Waals surface area (Å²) in [5.41, 5.74) is 2.87. The Morgan fingerprint density at radius 1 is 1.17 bits per heavy atom. The monoisotopic (exact) mass is 395 g/mol. The van der Waals surface area contributed by atoms with Gasteiger partial charge in [-0.1, -0.05) is 19.1 Å². The molecule has 2 atom stereocenters. The quantitative estimate of drug-likeness (QED) is 0.808. The van der Waals surface area contributed by atoms with Crippen molar-refractivity contribution in [2.45, 2.75) is 45.3 Å². The molecule has 0 aliphatic carbocycles. The Morgan fingerprint density at radius 3 is 2.59 bits per heavy atom. The fraction of sp³-hybridized carbons (Fsp3) is 0.500. The van der Waals surface area contributed by atoms with Gasteiger partial charge in [0.2, 0.25) is 5.91 Å². The van der Waals surface area contributed by atoms with Crippen molar-refractivity contribution in [1.29, 1.82) is 0 Å². The van der Waals surface area contributed by atoms with Gasteiger partial charge < -0.3 is 10.2 Å². The molecule has 0 saturated carbocycles. The third-order valence-electron chi connectivity index (χ3n) is 5.98. The standard InChI is InChI=1S/C22H29N5O2/c1-3-25-11-9-20(25)22(29)26-10-8-19(15-26)24-21(28)18-6-4-17(5-7-18)14-27-13-16(2)12-23-27/h4-7,12-13,19-20H,3,8-11,14-15H2,1-2H3,(H,24,28). The van der Waals surface area contributed by atoms with E-state index in [1.165, 1.54) is 0 Å². The minimum atomic E-state index is -0.0791. The van der Waals surface area contributed by atoms with E-state index in [9.17, 15) is 9.59 Å². The van der Waals surface area contributed by atoms with Crippen LogP contribution in [0.4, 0.5) is 0 Å². The van der Waals surface area contributed by atoms with E-state index in [1.54, 1.807) is 0 Å². The van der Waals surface area contributed by atoms with Crippen LogP contribution in [0.2, 0.25) is 0 Å². The Morgan fingerprint density at radius 2 is 1.97 bits per heavy atom. The van der Waals surface area contributed by atoms with Crippen LogP contribution in [0.15, 0.2) is 36.7 Å². The van der Waals surface area contributed by atoms with E-state index in [2.05, 4.69) is 22.2 Å². The maximum Gasteiger partial charge on any atom is 0.251 e. The Bertz CT molecular complexity index is 874. The molecule has 3 heterocycles. The molecular formula is C22H29N5O2. The number of aryl methyl sites for hydroxylation is 1. The van der Waals surface area contributed by atoms with E-state index in [1.807, 2.05) is 53.2 Å². The lowest BCUT2D eigenvalue weighted by Crippen LogP contribution is -2.56. The van der Waals surface area contributed by atoms with Gasteiger partial charge in [-0.15, -0.1) is 0 Å². The summed E-state index contributed by atoms with van der Waals surface area (Å²) in [4.78, 5) is 29.4. The van der Waals surface area contributed by atoms with E-state index in [-0.39, 0.29) is 23.9 Å². The molecule has 2 aromatic rings. The number of rotatable bonds is 6. The van der Waals surface area contributed by atoms with Crippen LogP contribution in [0.1, 0.15) is 41.3 Å². The van der Waals surface area contributed by atoms with Gasteiger partial charge in [-0.3, -0.25) is 19.2 Å². The summed E-state index contributed by atoms with van der Waals surface area (Å²) in [6.45, 7) is 8.05. The van der Waals surface area contributed by atoms with Crippen molar-refractivity contribution in [3.8, 4) is 0 Å². The van der Waals surface area contributed by atoms with Crippen molar-refractivity contribution < 1.29 is 9.59 Å². The van der Waals surface area contributed by atoms with Gasteiger partial charge in [-0.25, -0.2) is 0 Å². The van der Waals surface area contributed by atoms with Gasteiger partial charge in [-0.2, -0.15) is 5.10 Å². The highest BCUT2D eigenvalue weighted by molar-refractivity contribution is 5.94. The molecule has 2 saturated heterocycles. The van der Waals surface area contributed by atoms with Gasteiger partial charge in [0.05, 0.1) is 18.8 Å². The highest BCUT2D eigenvalue weighted by Gasteiger charge is 2.38. The topological polar surface area (TPSA) is 70.5 Å². The summed E-state index contributed by atoms with van der Waals surface area (Å²) >= 11 is 0. The van der Waals surface area contributed by atoms with Crippen molar-refractivity contribution >= 4 is 11.8 Å². The Labute approximate surface area is 171 Å². The molecule has 1 aromatic heterocycles. The van der Waals surface area contributed by atoms with E-state index >= 15 is 0 Å². The molecule has 0 radical (unpaired) electrons. The van der Waals surface area contributed by atoms with Gasteiger partial charge in [0.25, 0.3) is 5.91 Å². The Balaban J connectivity index is 1.28. The summed E-state index contributed by atoms with van der Waals surface area (Å²) < 4.78 is 1.89. The number of nitrogens with zero attached hydrogens (tertiary/aromatic N) is 4. The molecule has 2 unspecified atom stereocenters. The first-order chi connectivity index (χ1) is 14.0. The van der Waals surface area contributed by atoms with Crippen LogP contribution in [0.3, 0.4) is 0 Å². The largest absolute Gasteiger partial charge is 0.347 e. The maximum atomic E-state index is 12.7. The molecule has 2 aliphatic rings. The minimum absolute atomic E-state index is 0.0216. The molecule has 29 heavy (non-hydrogen) atoms. The summed E-state index contributed by atoms with van der Waals surface area (Å²) in [6.07, 6.45) is 5.59. The summed E-state index contributed by atoms with van der Waals surface area (Å²) in [7, 11) is 0. The zero-order valence-electron chi connectivity index (χ0n) is 17.2. The second-order valence-corrected chi connectivity index (χ2v) is 8.09. The molecule has 7 nitrogen and oxygen atoms in total. The normalized spacial score (nSPS) is 21.8. The molecule has 2 fully saturated rings. The van der Waals surface area contributed by atoms with E-state index in [0.29, 0.717) is 18.7 Å². The minimum Gasteiger partial charge on any atom is -0.347 e. The molecule has 2 aliphatic heterocycles. The predicted molar refractivity (Wildman–Crippen MR) is 111 cm³/mol. The first-order valence-corrected chi connectivity index (χ1v) is 10.4. The molecule has 1 aromatic carbocycles. The predicted octanol–water partition coefficient (Wildman–Crippen LogP) is 1.66. The maximum absolute atomic E-state index is 12.7. The lowest BCUT2D eigenvalue weighted by atomic mass is 10.0. The first-order valence-electron chi connectivity index (χ1n) is 10.4. The number of hydrogen-bond donors (Lipinski definition) is 1. The average Bonchev–Trinajstić information content (AvgIpc) is 3.31. The van der Waals surface area contributed by atoms with Crippen molar-refractivity contribution in [2.75, 3.05) is 26.2 Å². The lowest BCUT2D eigenvalue weighted by molar-refractivity contribution is -0.140. The van der Waals surface area contributed by atoms with Crippen molar-refractivity contribution in [2.24, 2.45) is 0 Å². The van der Waals surface area contributed by atoms with Crippen molar-refractivity contribution in [3.63, 3.8) is 0 Å². The second-order valence-electron chi connectivity index (χ2n) is 8.09. The van der Waals surface area contributed by atoms with Gasteiger partial charge in [0, 0.05) is 37.4 Å². The van der Waals surface area contributed by atoms with Gasteiger partial charge >= 0.3 is 0 Å². The lowest BCUT2D eigenvalue weighted by Gasteiger charge is -2.40. The average molecular weight is 396 g/mol. The fourth-order valence-corrected chi connectivity index (χ4v) is 4.16. The van der Waals surface area contributed by atoms with Crippen LogP contribution in [-0.4, -0.2) is 69.7 Å². The molecule has 7 heteroatoms. The molecular weight excluding hydrogens is 366 g/mol. The second kappa shape index (κ2) is 8.37. The zero-order chi connectivity index (χ0) is 20.4. The number of carbonyl (C=O) groups excluding carboxylic acids is 2. The highest BCUT2D eigenvalue weighted by atomic mass is 16.2. The zero-order valence-corrected chi connectivity index (χ0v) is 17.2. The Hall–Kier alpha value is -2.67. The third-order valence-corrected chi connectivity index (χ3v) is 5.98. The summed E-state index contributed by atoms with van der Waals surface area (Å²) in [5, 5.41) is 7.38. The molecule has 2 amide bonds. The first kappa shape index (κ1) is 19.6. The number of likely N-dealkylation sites (tertiary alicyclic amines) is 2. The van der Waals surface area contributed by atoms with Crippen LogP contribution in [0.25, 0.3) is 0 Å². The molecule has 154 valence electrons. The molecule has 0 spiro atoms. The smallest absolute Gasteiger partial charge is 0.251 e. The third kappa shape index (κ3) is 4.34. The van der Waals surface area contributed by atoms with E-state index in [0.717, 1.165) is 43.6 Å². The van der Waals surface area contributed by atoms with E-state index in [4.69, 9.17) is 0 Å². The van der Waals surface area contributed by atoms with Crippen molar-refractivity contribution in [3.05, 3.63) is 53.3 Å². The van der Waals surface area contributed by atoms with Crippen molar-refractivity contribution in [1.82, 2.24) is 24.9 Å². The van der Waals surface area contributed by atoms with Crippen LogP contribution >= 0.6 is 0 Å². The van der Waals surface area contributed by atoms with Gasteiger partial charge in [-0.05, 0) is 49.6 Å².